The Bertz CT molecular complexity index is 3270. The zero-order chi connectivity index (χ0) is 45.5. The molecule has 0 aliphatic carbocycles. The van der Waals surface area contributed by atoms with Crippen LogP contribution in [0.25, 0.3) is 43.1 Å². The lowest BCUT2D eigenvalue weighted by atomic mass is 9.72. The van der Waals surface area contributed by atoms with E-state index in [9.17, 15) is 0 Å². The molecule has 3 heteroatoms. The molecule has 0 spiro atoms. The van der Waals surface area contributed by atoms with Crippen molar-refractivity contribution in [1.82, 2.24) is 0 Å². The van der Waals surface area contributed by atoms with Gasteiger partial charge in [-0.1, -0.05) is 225 Å². The molecule has 0 aromatic heterocycles. The summed E-state index contributed by atoms with van der Waals surface area (Å²) in [6.45, 7) is 19.0. The van der Waals surface area contributed by atoms with E-state index in [0.717, 1.165) is 11.5 Å². The summed E-state index contributed by atoms with van der Waals surface area (Å²) in [5.74, 6) is 2.01. The predicted molar refractivity (Wildman–Crippen MR) is 290 cm³/mol. The average Bonchev–Trinajstić information content (AvgIpc) is 3.32. The Morgan fingerprint density at radius 3 is 1.06 bits per heavy atom. The minimum atomic E-state index is -1.13. The molecule has 1 heterocycles. The molecule has 0 amide bonds. The van der Waals surface area contributed by atoms with Gasteiger partial charge in [0.15, 0.2) is 0 Å². The lowest BCUT2D eigenvalue weighted by Gasteiger charge is -2.41. The van der Waals surface area contributed by atoms with Crippen molar-refractivity contribution in [3.05, 3.63) is 216 Å². The van der Waals surface area contributed by atoms with E-state index in [0.29, 0.717) is 0 Å². The number of hydrogen-bond donors (Lipinski definition) is 0. The number of hydrogen-bond acceptors (Lipinski definition) is 1. The Morgan fingerprint density at radius 2 is 0.682 bits per heavy atom. The van der Waals surface area contributed by atoms with Crippen molar-refractivity contribution < 1.29 is 4.74 Å². The van der Waals surface area contributed by atoms with Gasteiger partial charge in [0.2, 0.25) is 0 Å². The molecular formula is C63H56OP2. The highest BCUT2D eigenvalue weighted by atomic mass is 31.1. The Morgan fingerprint density at radius 1 is 0.348 bits per heavy atom. The zero-order valence-electron chi connectivity index (χ0n) is 39.3. The largest absolute Gasteiger partial charge is 0.455 e. The van der Waals surface area contributed by atoms with Crippen LogP contribution in [0.2, 0.25) is 0 Å². The van der Waals surface area contributed by atoms with Gasteiger partial charge in [-0.2, -0.15) is 0 Å². The second-order valence-corrected chi connectivity index (χ2v) is 24.9. The first-order valence-corrected chi connectivity index (χ1v) is 26.0. The maximum Gasteiger partial charge on any atom is 0.139 e. The minimum absolute atomic E-state index is 0.111. The summed E-state index contributed by atoms with van der Waals surface area (Å²) < 4.78 is 7.99. The number of rotatable bonds is 6. The molecule has 66 heavy (non-hydrogen) atoms. The van der Waals surface area contributed by atoms with Gasteiger partial charge < -0.3 is 4.74 Å². The van der Waals surface area contributed by atoms with Crippen molar-refractivity contribution in [1.29, 1.82) is 0 Å². The maximum atomic E-state index is 7.99. The summed E-state index contributed by atoms with van der Waals surface area (Å²) in [5.41, 5.74) is 4.53. The molecule has 0 saturated carbocycles. The third kappa shape index (κ3) is 7.15. The monoisotopic (exact) mass is 890 g/mol. The van der Waals surface area contributed by atoms with E-state index in [1.807, 2.05) is 0 Å². The lowest BCUT2D eigenvalue weighted by Crippen LogP contribution is -2.35. The first kappa shape index (κ1) is 42.5. The zero-order valence-corrected chi connectivity index (χ0v) is 41.1. The number of benzene rings is 10. The Balaban J connectivity index is 1.25. The van der Waals surface area contributed by atoms with E-state index in [1.165, 1.54) is 97.2 Å². The molecular weight excluding hydrogens is 835 g/mol. The van der Waals surface area contributed by atoms with Crippen LogP contribution in [0.4, 0.5) is 0 Å². The van der Waals surface area contributed by atoms with E-state index >= 15 is 0 Å². The van der Waals surface area contributed by atoms with Gasteiger partial charge in [-0.25, -0.2) is 0 Å². The average molecular weight is 891 g/mol. The Labute approximate surface area is 393 Å². The molecule has 0 fully saturated rings. The molecule has 324 valence electrons. The molecule has 1 nitrogen and oxygen atoms in total. The second-order valence-electron chi connectivity index (χ2n) is 20.6. The fourth-order valence-electron chi connectivity index (χ4n) is 10.2. The van der Waals surface area contributed by atoms with Crippen LogP contribution in [0.3, 0.4) is 0 Å². The normalized spacial score (nSPS) is 14.5. The van der Waals surface area contributed by atoms with Crippen molar-refractivity contribution in [2.45, 2.75) is 71.6 Å². The fourth-order valence-corrected chi connectivity index (χ4v) is 15.5. The highest BCUT2D eigenvalue weighted by molar-refractivity contribution is 7.81. The molecule has 2 atom stereocenters. The molecule has 1 aliphatic rings. The van der Waals surface area contributed by atoms with Crippen molar-refractivity contribution in [2.75, 3.05) is 0 Å². The quantitative estimate of drug-likeness (QED) is 0.119. The smallest absolute Gasteiger partial charge is 0.139 e. The topological polar surface area (TPSA) is 9.23 Å². The van der Waals surface area contributed by atoms with Crippen molar-refractivity contribution in [3.8, 4) is 11.5 Å². The van der Waals surface area contributed by atoms with Crippen molar-refractivity contribution in [3.63, 3.8) is 0 Å². The first-order valence-electron chi connectivity index (χ1n) is 23.3. The summed E-state index contributed by atoms with van der Waals surface area (Å²) in [6, 6.07) is 73.3. The molecule has 0 radical (unpaired) electrons. The van der Waals surface area contributed by atoms with E-state index in [1.54, 1.807) is 0 Å². The minimum Gasteiger partial charge on any atom is -0.455 e. The van der Waals surface area contributed by atoms with Gasteiger partial charge in [0.05, 0.1) is 0 Å². The summed E-state index contributed by atoms with van der Waals surface area (Å²) in [6.07, 6.45) is 0. The highest BCUT2D eigenvalue weighted by Gasteiger charge is 2.42. The molecule has 0 N–H and O–H groups in total. The second kappa shape index (κ2) is 16.1. The fraction of sp³-hybridized carbons (Fsp3) is 0.175. The van der Waals surface area contributed by atoms with Crippen molar-refractivity contribution in [2.24, 2.45) is 0 Å². The van der Waals surface area contributed by atoms with Gasteiger partial charge >= 0.3 is 0 Å². The number of fused-ring (bicyclic) bond motifs is 8. The predicted octanol–water partition coefficient (Wildman–Crippen LogP) is 14.8. The maximum absolute atomic E-state index is 7.99. The standard InChI is InChI=1S/C63H56OP2/c1-61(2,3)43-37-53-59(57(39-43)65(45-25-11-9-12-26-45)55-35-41-23-15-17-29-47(41)49-31-19-21-33-51(49)55)64-60-54(63(53,7)8)38-44(62(4,5)6)40-58(60)66(46-27-13-10-14-28-46)56-36-42-24-16-18-30-48(42)50-32-20-22-34-52(50)56/h9-40H,1-8H3/t65-,66-/m0/s1. The Hall–Kier alpha value is -6.10. The van der Waals surface area contributed by atoms with Crippen LogP contribution in [0.5, 0.6) is 11.5 Å². The van der Waals surface area contributed by atoms with Crippen LogP contribution in [-0.2, 0) is 16.2 Å². The van der Waals surface area contributed by atoms with Gasteiger partial charge in [-0.3, -0.25) is 0 Å². The molecule has 10 aromatic carbocycles. The molecule has 1 aliphatic heterocycles. The van der Waals surface area contributed by atoms with E-state index in [2.05, 4.69) is 250 Å². The van der Waals surface area contributed by atoms with Crippen LogP contribution < -0.4 is 36.6 Å². The lowest BCUT2D eigenvalue weighted by molar-refractivity contribution is 0.422. The number of ether oxygens (including phenoxy) is 1. The summed E-state index contributed by atoms with van der Waals surface area (Å²) >= 11 is 0. The van der Waals surface area contributed by atoms with E-state index in [4.69, 9.17) is 4.74 Å². The van der Waals surface area contributed by atoms with Crippen LogP contribution in [0, 0.1) is 0 Å². The molecule has 0 saturated heterocycles. The first-order chi connectivity index (χ1) is 31.8. The van der Waals surface area contributed by atoms with Gasteiger partial charge in [0.25, 0.3) is 0 Å². The van der Waals surface area contributed by atoms with E-state index in [-0.39, 0.29) is 10.8 Å². The highest BCUT2D eigenvalue weighted by Crippen LogP contribution is 2.55. The third-order valence-corrected chi connectivity index (χ3v) is 18.9. The van der Waals surface area contributed by atoms with Crippen LogP contribution in [0.15, 0.2) is 194 Å². The van der Waals surface area contributed by atoms with Gasteiger partial charge in [-0.15, -0.1) is 0 Å². The Kier molecular flexibility index (Phi) is 10.3. The molecule has 10 aromatic rings. The van der Waals surface area contributed by atoms with Gasteiger partial charge in [-0.05, 0) is 126 Å². The van der Waals surface area contributed by atoms with Crippen LogP contribution in [0.1, 0.15) is 77.6 Å². The SMILES string of the molecule is CC(C)(C)c1cc([P@@](c2ccccc2)c2cc3ccccc3c3ccccc23)c2c(c1)C(C)(C)c1cc(C(C)(C)C)cc([P@@](c3ccccc3)c3cc4ccccc4c4ccccc34)c1O2. The molecule has 0 bridgehead atoms. The molecule has 0 unspecified atom stereocenters. The van der Waals surface area contributed by atoms with Crippen molar-refractivity contribution >= 4 is 90.8 Å². The van der Waals surface area contributed by atoms with Crippen LogP contribution >= 0.6 is 15.8 Å². The van der Waals surface area contributed by atoms with E-state index < -0.39 is 21.3 Å². The summed E-state index contributed by atoms with van der Waals surface area (Å²) in [7, 11) is -2.26. The van der Waals surface area contributed by atoms with Crippen LogP contribution in [-0.4, -0.2) is 0 Å². The third-order valence-electron chi connectivity index (χ3n) is 13.9. The summed E-state index contributed by atoms with van der Waals surface area (Å²) in [4.78, 5) is 0. The van der Waals surface area contributed by atoms with Gasteiger partial charge in [0.1, 0.15) is 11.5 Å². The van der Waals surface area contributed by atoms with Gasteiger partial charge in [0, 0.05) is 27.2 Å². The summed E-state index contributed by atoms with van der Waals surface area (Å²) in [5, 5.41) is 18.1. The molecule has 11 rings (SSSR count).